The second-order valence-electron chi connectivity index (χ2n) is 22.5. The summed E-state index contributed by atoms with van der Waals surface area (Å²) in [5.74, 6) is -0.639. The molecule has 0 fully saturated rings. The molecular weight excluding hydrogens is 1000 g/mol. The summed E-state index contributed by atoms with van der Waals surface area (Å²) in [6, 6.07) is 0. The van der Waals surface area contributed by atoms with Crippen molar-refractivity contribution in [2.24, 2.45) is 0 Å². The number of carbonyl (C=O) groups is 2. The Balaban J connectivity index is 3.49. The van der Waals surface area contributed by atoms with Gasteiger partial charge < -0.3 is 14.6 Å². The van der Waals surface area contributed by atoms with Gasteiger partial charge in [-0.05, 0) is 116 Å². The van der Waals surface area contributed by atoms with Gasteiger partial charge in [0.05, 0.1) is 6.61 Å². The molecule has 0 aliphatic heterocycles. The van der Waals surface area contributed by atoms with Crippen molar-refractivity contribution in [3.8, 4) is 0 Å². The van der Waals surface area contributed by atoms with E-state index in [0.29, 0.717) is 12.8 Å². The molecule has 0 spiro atoms. The first kappa shape index (κ1) is 77.8. The summed E-state index contributed by atoms with van der Waals surface area (Å²) < 4.78 is 10.7. The lowest BCUT2D eigenvalue weighted by molar-refractivity contribution is -0.161. The minimum absolute atomic E-state index is 0.0888. The van der Waals surface area contributed by atoms with Crippen molar-refractivity contribution in [2.75, 3.05) is 13.2 Å². The normalized spacial score (nSPS) is 13.2. The van der Waals surface area contributed by atoms with Gasteiger partial charge in [0.15, 0.2) is 6.10 Å². The molecule has 1 unspecified atom stereocenters. The van der Waals surface area contributed by atoms with E-state index in [2.05, 4.69) is 160 Å². The molecule has 0 bridgehead atoms. The van der Waals surface area contributed by atoms with E-state index in [-0.39, 0.29) is 25.2 Å². The summed E-state index contributed by atoms with van der Waals surface area (Å²) >= 11 is 0. The van der Waals surface area contributed by atoms with Crippen LogP contribution in [0.2, 0.25) is 0 Å². The Bertz CT molecular complexity index is 1710. The third-order valence-corrected chi connectivity index (χ3v) is 14.6. The summed E-state index contributed by atoms with van der Waals surface area (Å²) in [6.45, 7) is 3.89. The fourth-order valence-electron chi connectivity index (χ4n) is 9.57. The maximum absolute atomic E-state index is 12.3. The van der Waals surface area contributed by atoms with Gasteiger partial charge in [-0.25, -0.2) is 0 Å². The Hall–Kier alpha value is -4.22. The Labute approximate surface area is 508 Å². The molecule has 0 amide bonds. The van der Waals surface area contributed by atoms with Gasteiger partial charge in [-0.15, -0.1) is 0 Å². The minimum atomic E-state index is -0.805. The quantitative estimate of drug-likeness (QED) is 0.0373. The van der Waals surface area contributed by atoms with Crippen LogP contribution in [0.3, 0.4) is 0 Å². The highest BCUT2D eigenvalue weighted by Gasteiger charge is 2.16. The molecule has 0 aliphatic carbocycles. The Morgan fingerprint density at radius 3 is 0.756 bits per heavy atom. The number of hydrogen-bond acceptors (Lipinski definition) is 5. The maximum Gasteiger partial charge on any atom is 0.306 e. The molecule has 5 heteroatoms. The lowest BCUT2D eigenvalue weighted by Gasteiger charge is -2.15. The van der Waals surface area contributed by atoms with Crippen molar-refractivity contribution in [1.82, 2.24) is 0 Å². The van der Waals surface area contributed by atoms with Crippen LogP contribution in [0.25, 0.3) is 0 Å². The van der Waals surface area contributed by atoms with Crippen LogP contribution in [0, 0.1) is 0 Å². The van der Waals surface area contributed by atoms with Crippen molar-refractivity contribution in [3.63, 3.8) is 0 Å². The molecular formula is C77H128O5. The largest absolute Gasteiger partial charge is 0.462 e. The molecule has 82 heavy (non-hydrogen) atoms. The number of aliphatic hydroxyl groups excluding tert-OH is 1. The van der Waals surface area contributed by atoms with Gasteiger partial charge in [-0.2, -0.15) is 0 Å². The van der Waals surface area contributed by atoms with Gasteiger partial charge in [0.2, 0.25) is 0 Å². The number of rotatable bonds is 62. The first-order chi connectivity index (χ1) is 40.6. The molecule has 0 aromatic rings. The zero-order valence-electron chi connectivity index (χ0n) is 53.5. The predicted octanol–water partition coefficient (Wildman–Crippen LogP) is 24.1. The monoisotopic (exact) mass is 1130 g/mol. The Morgan fingerprint density at radius 2 is 0.488 bits per heavy atom. The van der Waals surface area contributed by atoms with E-state index in [1.165, 1.54) is 167 Å². The summed E-state index contributed by atoms with van der Waals surface area (Å²) in [7, 11) is 0. The molecule has 5 nitrogen and oxygen atoms in total. The zero-order chi connectivity index (χ0) is 59.1. The van der Waals surface area contributed by atoms with Crippen molar-refractivity contribution >= 4 is 11.9 Å². The third-order valence-electron chi connectivity index (χ3n) is 14.6. The molecule has 1 atom stereocenters. The summed E-state index contributed by atoms with van der Waals surface area (Å²) in [4.78, 5) is 24.6. The smallest absolute Gasteiger partial charge is 0.306 e. The number of ether oxygens (including phenoxy) is 2. The van der Waals surface area contributed by atoms with Gasteiger partial charge in [-0.1, -0.05) is 327 Å². The zero-order valence-corrected chi connectivity index (χ0v) is 53.5. The van der Waals surface area contributed by atoms with Crippen LogP contribution in [0.4, 0.5) is 0 Å². The number of esters is 2. The van der Waals surface area contributed by atoms with E-state index in [1.807, 2.05) is 0 Å². The van der Waals surface area contributed by atoms with Crippen molar-refractivity contribution < 1.29 is 24.2 Å². The maximum atomic E-state index is 12.3. The lowest BCUT2D eigenvalue weighted by Crippen LogP contribution is -2.28. The van der Waals surface area contributed by atoms with Gasteiger partial charge in [0, 0.05) is 12.8 Å². The van der Waals surface area contributed by atoms with E-state index < -0.39 is 6.10 Å². The highest BCUT2D eigenvalue weighted by Crippen LogP contribution is 2.17. The van der Waals surface area contributed by atoms with Crippen LogP contribution < -0.4 is 0 Å². The Kier molecular flexibility index (Phi) is 67.4. The van der Waals surface area contributed by atoms with Crippen LogP contribution in [-0.4, -0.2) is 36.4 Å². The fourth-order valence-corrected chi connectivity index (χ4v) is 9.57. The molecule has 0 radical (unpaired) electrons. The first-order valence-corrected chi connectivity index (χ1v) is 34.4. The van der Waals surface area contributed by atoms with E-state index >= 15 is 0 Å². The van der Waals surface area contributed by atoms with Crippen molar-refractivity contribution in [1.29, 1.82) is 0 Å². The third kappa shape index (κ3) is 68.3. The van der Waals surface area contributed by atoms with E-state index in [0.717, 1.165) is 116 Å². The number of hydrogen-bond donors (Lipinski definition) is 1. The summed E-state index contributed by atoms with van der Waals surface area (Å²) in [5, 5.41) is 9.68. The number of unbranched alkanes of at least 4 members (excludes halogenated alkanes) is 30. The summed E-state index contributed by atoms with van der Waals surface area (Å²) in [6.07, 6.45) is 107. The van der Waals surface area contributed by atoms with E-state index in [9.17, 15) is 14.7 Å². The van der Waals surface area contributed by atoms with Gasteiger partial charge in [0.25, 0.3) is 0 Å². The van der Waals surface area contributed by atoms with Crippen LogP contribution in [-0.2, 0) is 19.1 Å². The van der Waals surface area contributed by atoms with Crippen LogP contribution >= 0.6 is 0 Å². The topological polar surface area (TPSA) is 72.8 Å². The van der Waals surface area contributed by atoms with Gasteiger partial charge in [0.1, 0.15) is 6.61 Å². The SMILES string of the molecule is CC/C=C\C/C=C\C/C=C\C/C=C\C/C=C\C/C=C\C/C=C\C/C=C\CCCCC(=O)OC(CO)COC(=O)CCCCCCCCCCCCCCCCCCCCCCCCCCCCCC/C=C\C/C=C\C/C=C\C/C=C\CC. The van der Waals surface area contributed by atoms with Crippen molar-refractivity contribution in [3.05, 3.63) is 146 Å². The fraction of sp³-hybridized carbons (Fsp3) is 0.662. The number of carbonyl (C=O) groups excluding carboxylic acids is 2. The molecule has 466 valence electrons. The standard InChI is InChI=1S/C77H128O5/c1-3-5-7-9-11-13-15-17-19-21-23-25-27-29-31-32-33-34-35-36-37-38-39-40-41-42-43-44-46-47-49-51-53-55-57-59-61-63-65-67-69-71-76(79)81-74-75(73-78)82-77(80)72-70-68-66-64-62-60-58-56-54-52-50-48-45-30-28-26-24-22-20-18-16-14-12-10-8-6-4-2/h5-8,11-14,17-20,23-26,30,45,50,52,56,58,62,64,75,78H,3-4,9-10,15-16,21-22,27-29,31-44,46-49,51,53-55,57,59-61,63,65-74H2,1-2H3/b7-5-,8-6-,13-11-,14-12-,19-17-,20-18-,25-23-,26-24-,45-30-,52-50-,58-56-,64-62-. The molecule has 1 N–H and O–H groups in total. The second kappa shape index (κ2) is 71.0. The lowest BCUT2D eigenvalue weighted by atomic mass is 10.0. The average Bonchev–Trinajstić information content (AvgIpc) is 3.49. The summed E-state index contributed by atoms with van der Waals surface area (Å²) in [5.41, 5.74) is 0. The Morgan fingerprint density at radius 1 is 0.280 bits per heavy atom. The van der Waals surface area contributed by atoms with Crippen LogP contribution in [0.15, 0.2) is 146 Å². The molecule has 0 saturated heterocycles. The molecule has 0 heterocycles. The van der Waals surface area contributed by atoms with Crippen molar-refractivity contribution in [2.45, 2.75) is 315 Å². The highest BCUT2D eigenvalue weighted by molar-refractivity contribution is 5.70. The minimum Gasteiger partial charge on any atom is -0.462 e. The van der Waals surface area contributed by atoms with Crippen LogP contribution in [0.5, 0.6) is 0 Å². The van der Waals surface area contributed by atoms with Gasteiger partial charge >= 0.3 is 11.9 Å². The predicted molar refractivity (Wildman–Crippen MR) is 361 cm³/mol. The van der Waals surface area contributed by atoms with E-state index in [1.54, 1.807) is 0 Å². The second-order valence-corrected chi connectivity index (χ2v) is 22.5. The molecule has 0 saturated carbocycles. The highest BCUT2D eigenvalue weighted by atomic mass is 16.6. The van der Waals surface area contributed by atoms with E-state index in [4.69, 9.17) is 9.47 Å². The molecule has 0 aromatic carbocycles. The average molecular weight is 1130 g/mol. The molecule has 0 aliphatic rings. The van der Waals surface area contributed by atoms with Crippen LogP contribution in [0.1, 0.15) is 309 Å². The molecule has 0 aromatic heterocycles. The number of allylic oxidation sites excluding steroid dienone is 24. The number of aliphatic hydroxyl groups is 1. The first-order valence-electron chi connectivity index (χ1n) is 34.4. The molecule has 0 rings (SSSR count). The van der Waals surface area contributed by atoms with Gasteiger partial charge in [-0.3, -0.25) is 9.59 Å².